The summed E-state index contributed by atoms with van der Waals surface area (Å²) in [6, 6.07) is 1.82. The van der Waals surface area contributed by atoms with Crippen LogP contribution in [0.4, 0.5) is 5.82 Å². The van der Waals surface area contributed by atoms with Crippen LogP contribution in [0.3, 0.4) is 0 Å². The molecule has 2 N–H and O–H groups in total. The van der Waals surface area contributed by atoms with Gasteiger partial charge in [0.1, 0.15) is 12.1 Å². The number of nitrogens with zero attached hydrogens (tertiary/aromatic N) is 3. The first-order valence-corrected chi connectivity index (χ1v) is 5.77. The van der Waals surface area contributed by atoms with E-state index in [1.807, 2.05) is 17.9 Å². The molecule has 1 aliphatic heterocycles. The monoisotopic (exact) mass is 235 g/mol. The maximum atomic E-state index is 11.8. The highest BCUT2D eigenvalue weighted by Crippen LogP contribution is 2.02. The number of hydrogen-bond donors (Lipinski definition) is 2. The zero-order valence-electron chi connectivity index (χ0n) is 9.94. The van der Waals surface area contributed by atoms with Gasteiger partial charge in [0.2, 0.25) is 5.91 Å². The lowest BCUT2D eigenvalue weighted by Gasteiger charge is -2.27. The minimum Gasteiger partial charge on any atom is -0.361 e. The van der Waals surface area contributed by atoms with Gasteiger partial charge in [-0.15, -0.1) is 0 Å². The molecule has 1 aliphatic rings. The first-order chi connectivity index (χ1) is 8.25. The van der Waals surface area contributed by atoms with Crippen LogP contribution in [-0.2, 0) is 4.79 Å². The van der Waals surface area contributed by atoms with E-state index in [1.165, 1.54) is 6.33 Å². The lowest BCUT2D eigenvalue weighted by molar-refractivity contribution is -0.129. The van der Waals surface area contributed by atoms with Crippen molar-refractivity contribution in [2.24, 2.45) is 0 Å². The Morgan fingerprint density at radius 2 is 2.24 bits per heavy atom. The van der Waals surface area contributed by atoms with Crippen LogP contribution in [0.2, 0.25) is 0 Å². The number of anilines is 1. The molecule has 1 amide bonds. The molecule has 1 aromatic rings. The molecule has 0 atom stereocenters. The second kappa shape index (κ2) is 5.58. The van der Waals surface area contributed by atoms with E-state index in [2.05, 4.69) is 20.6 Å². The van der Waals surface area contributed by atoms with Gasteiger partial charge in [0.05, 0.1) is 6.54 Å². The first kappa shape index (κ1) is 11.8. The Bertz CT molecular complexity index is 389. The number of piperazine rings is 1. The highest BCUT2D eigenvalue weighted by Gasteiger charge is 2.15. The van der Waals surface area contributed by atoms with Crippen molar-refractivity contribution in [3.63, 3.8) is 0 Å². The summed E-state index contributed by atoms with van der Waals surface area (Å²) in [5.41, 5.74) is 0.886. The van der Waals surface area contributed by atoms with Crippen molar-refractivity contribution < 1.29 is 4.79 Å². The van der Waals surface area contributed by atoms with Gasteiger partial charge in [0.15, 0.2) is 0 Å². The third-order valence-corrected chi connectivity index (χ3v) is 2.69. The Balaban J connectivity index is 1.83. The van der Waals surface area contributed by atoms with Crippen molar-refractivity contribution in [1.82, 2.24) is 20.2 Å². The van der Waals surface area contributed by atoms with Gasteiger partial charge in [-0.3, -0.25) is 4.79 Å². The van der Waals surface area contributed by atoms with Crippen LogP contribution in [0.5, 0.6) is 0 Å². The smallest absolute Gasteiger partial charge is 0.242 e. The number of aromatic nitrogens is 2. The fourth-order valence-corrected chi connectivity index (χ4v) is 1.74. The maximum absolute atomic E-state index is 11.8. The SMILES string of the molecule is Cc1cc(NCC(=O)N2CCNCC2)ncn1. The lowest BCUT2D eigenvalue weighted by Crippen LogP contribution is -2.48. The molecule has 92 valence electrons. The predicted octanol–water partition coefficient (Wildman–Crippen LogP) is -0.371. The summed E-state index contributed by atoms with van der Waals surface area (Å²) in [7, 11) is 0. The van der Waals surface area contributed by atoms with Gasteiger partial charge in [-0.25, -0.2) is 9.97 Å². The number of amides is 1. The molecular weight excluding hydrogens is 218 g/mol. The number of hydrogen-bond acceptors (Lipinski definition) is 5. The Labute approximate surface area is 100 Å². The predicted molar refractivity (Wildman–Crippen MR) is 64.7 cm³/mol. The fraction of sp³-hybridized carbons (Fsp3) is 0.545. The molecule has 1 aromatic heterocycles. The second-order valence-corrected chi connectivity index (χ2v) is 4.03. The topological polar surface area (TPSA) is 70.2 Å². The van der Waals surface area contributed by atoms with Gasteiger partial charge in [-0.1, -0.05) is 0 Å². The highest BCUT2D eigenvalue weighted by atomic mass is 16.2. The summed E-state index contributed by atoms with van der Waals surface area (Å²) in [6.45, 7) is 5.49. The molecule has 1 fully saturated rings. The van der Waals surface area contributed by atoms with Crippen molar-refractivity contribution in [1.29, 1.82) is 0 Å². The molecule has 17 heavy (non-hydrogen) atoms. The van der Waals surface area contributed by atoms with E-state index in [0.717, 1.165) is 31.9 Å². The van der Waals surface area contributed by atoms with E-state index in [4.69, 9.17) is 0 Å². The molecule has 2 heterocycles. The van der Waals surface area contributed by atoms with Crippen LogP contribution >= 0.6 is 0 Å². The number of carbonyl (C=O) groups excluding carboxylic acids is 1. The number of aryl methyl sites for hydroxylation is 1. The van der Waals surface area contributed by atoms with Crippen LogP contribution in [-0.4, -0.2) is 53.5 Å². The summed E-state index contributed by atoms with van der Waals surface area (Å²) in [5, 5.41) is 6.24. The average Bonchev–Trinajstić information content (AvgIpc) is 2.37. The number of carbonyl (C=O) groups is 1. The molecule has 2 rings (SSSR count). The molecule has 0 saturated carbocycles. The van der Waals surface area contributed by atoms with Gasteiger partial charge >= 0.3 is 0 Å². The van der Waals surface area contributed by atoms with Crippen molar-refractivity contribution in [2.45, 2.75) is 6.92 Å². The van der Waals surface area contributed by atoms with Crippen molar-refractivity contribution in [2.75, 3.05) is 38.0 Å². The van der Waals surface area contributed by atoms with Gasteiger partial charge in [-0.2, -0.15) is 0 Å². The standard InChI is InChI=1S/C11H17N5O/c1-9-6-10(15-8-14-9)13-7-11(17)16-4-2-12-3-5-16/h6,8,12H,2-5,7H2,1H3,(H,13,14,15). The summed E-state index contributed by atoms with van der Waals surface area (Å²) in [6.07, 6.45) is 1.49. The minimum atomic E-state index is 0.114. The average molecular weight is 235 g/mol. The van der Waals surface area contributed by atoms with Crippen molar-refractivity contribution >= 4 is 11.7 Å². The summed E-state index contributed by atoms with van der Waals surface area (Å²) in [4.78, 5) is 21.8. The van der Waals surface area contributed by atoms with E-state index in [1.54, 1.807) is 0 Å². The third kappa shape index (κ3) is 3.39. The van der Waals surface area contributed by atoms with Crippen LogP contribution in [0.1, 0.15) is 5.69 Å². The van der Waals surface area contributed by atoms with E-state index in [9.17, 15) is 4.79 Å². The van der Waals surface area contributed by atoms with Gasteiger partial charge in [-0.05, 0) is 6.92 Å². The summed E-state index contributed by atoms with van der Waals surface area (Å²) < 4.78 is 0. The van der Waals surface area contributed by atoms with E-state index < -0.39 is 0 Å². The molecule has 0 radical (unpaired) electrons. The molecule has 0 aliphatic carbocycles. The molecule has 6 heteroatoms. The molecule has 0 bridgehead atoms. The van der Waals surface area contributed by atoms with E-state index >= 15 is 0 Å². The third-order valence-electron chi connectivity index (χ3n) is 2.69. The maximum Gasteiger partial charge on any atom is 0.242 e. The molecule has 0 spiro atoms. The Kier molecular flexibility index (Phi) is 3.87. The first-order valence-electron chi connectivity index (χ1n) is 5.77. The quantitative estimate of drug-likeness (QED) is 0.748. The number of rotatable bonds is 3. The molecular formula is C11H17N5O. The van der Waals surface area contributed by atoms with Gasteiger partial charge in [0.25, 0.3) is 0 Å². The van der Waals surface area contributed by atoms with Gasteiger partial charge < -0.3 is 15.5 Å². The number of nitrogens with one attached hydrogen (secondary N) is 2. The Hall–Kier alpha value is -1.69. The van der Waals surface area contributed by atoms with Crippen LogP contribution in [0.15, 0.2) is 12.4 Å². The minimum absolute atomic E-state index is 0.114. The zero-order chi connectivity index (χ0) is 12.1. The summed E-state index contributed by atoms with van der Waals surface area (Å²) >= 11 is 0. The Morgan fingerprint density at radius 3 is 2.94 bits per heavy atom. The fourth-order valence-electron chi connectivity index (χ4n) is 1.74. The van der Waals surface area contributed by atoms with Crippen LogP contribution < -0.4 is 10.6 Å². The molecule has 1 saturated heterocycles. The second-order valence-electron chi connectivity index (χ2n) is 4.03. The largest absolute Gasteiger partial charge is 0.361 e. The van der Waals surface area contributed by atoms with Crippen LogP contribution in [0.25, 0.3) is 0 Å². The molecule has 6 nitrogen and oxygen atoms in total. The van der Waals surface area contributed by atoms with E-state index in [-0.39, 0.29) is 12.5 Å². The van der Waals surface area contributed by atoms with Gasteiger partial charge in [0, 0.05) is 37.9 Å². The normalized spacial score (nSPS) is 15.7. The Morgan fingerprint density at radius 1 is 1.47 bits per heavy atom. The van der Waals surface area contributed by atoms with Crippen molar-refractivity contribution in [3.8, 4) is 0 Å². The van der Waals surface area contributed by atoms with Crippen molar-refractivity contribution in [3.05, 3.63) is 18.1 Å². The zero-order valence-corrected chi connectivity index (χ0v) is 9.94. The highest BCUT2D eigenvalue weighted by molar-refractivity contribution is 5.80. The molecule has 0 aromatic carbocycles. The lowest BCUT2D eigenvalue weighted by atomic mass is 10.3. The summed E-state index contributed by atoms with van der Waals surface area (Å²) in [5.74, 6) is 0.809. The molecule has 0 unspecified atom stereocenters. The van der Waals surface area contributed by atoms with Crippen LogP contribution in [0, 0.1) is 6.92 Å². The van der Waals surface area contributed by atoms with E-state index in [0.29, 0.717) is 5.82 Å².